The number of carboxylic acid groups (broad SMARTS) is 1. The van der Waals surface area contributed by atoms with E-state index in [1.54, 1.807) is 6.07 Å². The van der Waals surface area contributed by atoms with Crippen LogP contribution in [0.4, 0.5) is 9.09 Å². The van der Waals surface area contributed by atoms with Gasteiger partial charge in [0.05, 0.1) is 6.42 Å². The summed E-state index contributed by atoms with van der Waals surface area (Å²) < 4.78 is 12.7. The molecule has 2 nitrogen and oxygen atoms in total. The SMILES string of the molecule is F.O=C(O)Cc1ccccc1F. The van der Waals surface area contributed by atoms with Crippen LogP contribution in [0.25, 0.3) is 0 Å². The van der Waals surface area contributed by atoms with Gasteiger partial charge in [-0.2, -0.15) is 0 Å². The zero-order valence-corrected chi connectivity index (χ0v) is 6.16. The molecule has 0 amide bonds. The Bertz CT molecular complexity index is 274. The highest BCUT2D eigenvalue weighted by atomic mass is 19.1. The lowest BCUT2D eigenvalue weighted by Gasteiger charge is -1.96. The van der Waals surface area contributed by atoms with Crippen LogP contribution in [0.15, 0.2) is 24.3 Å². The molecule has 0 saturated heterocycles. The molecule has 0 fully saturated rings. The van der Waals surface area contributed by atoms with Crippen molar-refractivity contribution >= 4 is 5.97 Å². The summed E-state index contributed by atoms with van der Waals surface area (Å²) in [5, 5.41) is 8.32. The molecule has 0 saturated carbocycles. The van der Waals surface area contributed by atoms with Gasteiger partial charge in [-0.15, -0.1) is 0 Å². The molecule has 0 aliphatic heterocycles. The van der Waals surface area contributed by atoms with Gasteiger partial charge < -0.3 is 5.11 Å². The van der Waals surface area contributed by atoms with Crippen LogP contribution in [0.2, 0.25) is 0 Å². The van der Waals surface area contributed by atoms with E-state index < -0.39 is 11.8 Å². The first kappa shape index (κ1) is 10.6. The topological polar surface area (TPSA) is 37.3 Å². The van der Waals surface area contributed by atoms with Crippen LogP contribution in [0.1, 0.15) is 5.56 Å². The van der Waals surface area contributed by atoms with E-state index in [2.05, 4.69) is 0 Å². The molecule has 1 aromatic rings. The van der Waals surface area contributed by atoms with Gasteiger partial charge in [0.2, 0.25) is 0 Å². The third-order valence-electron chi connectivity index (χ3n) is 1.30. The van der Waals surface area contributed by atoms with Gasteiger partial charge in [0.15, 0.2) is 0 Å². The Kier molecular flexibility index (Phi) is 3.90. The van der Waals surface area contributed by atoms with Crippen molar-refractivity contribution in [3.8, 4) is 0 Å². The van der Waals surface area contributed by atoms with Gasteiger partial charge in [0.1, 0.15) is 5.82 Å². The van der Waals surface area contributed by atoms with E-state index in [0.29, 0.717) is 0 Å². The fourth-order valence-corrected chi connectivity index (χ4v) is 0.805. The zero-order valence-electron chi connectivity index (χ0n) is 6.16. The summed E-state index contributed by atoms with van der Waals surface area (Å²) in [6, 6.07) is 5.85. The van der Waals surface area contributed by atoms with Crippen molar-refractivity contribution in [1.82, 2.24) is 0 Å². The number of aliphatic carboxylic acids is 1. The number of carboxylic acids is 1. The molecule has 0 atom stereocenters. The molecule has 0 radical (unpaired) electrons. The molecule has 0 aliphatic carbocycles. The predicted molar refractivity (Wildman–Crippen MR) is 40.2 cm³/mol. The number of rotatable bonds is 2. The molecule has 0 spiro atoms. The van der Waals surface area contributed by atoms with Crippen molar-refractivity contribution in [3.63, 3.8) is 0 Å². The lowest BCUT2D eigenvalue weighted by Crippen LogP contribution is -2.01. The minimum Gasteiger partial charge on any atom is -0.481 e. The van der Waals surface area contributed by atoms with Gasteiger partial charge in [0.25, 0.3) is 0 Å². The summed E-state index contributed by atoms with van der Waals surface area (Å²) in [6.07, 6.45) is -0.257. The summed E-state index contributed by atoms with van der Waals surface area (Å²) in [5.74, 6) is -1.48. The van der Waals surface area contributed by atoms with Crippen LogP contribution in [-0.4, -0.2) is 11.1 Å². The second-order valence-electron chi connectivity index (χ2n) is 2.16. The van der Waals surface area contributed by atoms with E-state index in [1.165, 1.54) is 18.2 Å². The molecule has 1 N–H and O–H groups in total. The first-order valence-electron chi connectivity index (χ1n) is 3.15. The molecule has 4 heteroatoms. The number of halogens is 2. The van der Waals surface area contributed by atoms with Crippen molar-refractivity contribution in [1.29, 1.82) is 0 Å². The van der Waals surface area contributed by atoms with Crippen molar-refractivity contribution in [3.05, 3.63) is 35.6 Å². The highest BCUT2D eigenvalue weighted by Gasteiger charge is 2.04. The molecule has 66 valence electrons. The Morgan fingerprint density at radius 1 is 1.42 bits per heavy atom. The molecule has 0 aliphatic rings. The summed E-state index contributed by atoms with van der Waals surface area (Å²) in [5.41, 5.74) is 0.222. The Hall–Kier alpha value is -1.45. The lowest BCUT2D eigenvalue weighted by molar-refractivity contribution is -0.136. The molecule has 12 heavy (non-hydrogen) atoms. The minimum absolute atomic E-state index is 0. The molecule has 0 unspecified atom stereocenters. The van der Waals surface area contributed by atoms with E-state index in [4.69, 9.17) is 5.11 Å². The third kappa shape index (κ3) is 2.65. The molecule has 1 aromatic carbocycles. The zero-order chi connectivity index (χ0) is 8.27. The Morgan fingerprint density at radius 2 is 2.00 bits per heavy atom. The molecule has 0 aromatic heterocycles. The first-order chi connectivity index (χ1) is 5.20. The Balaban J connectivity index is 0.00000121. The van der Waals surface area contributed by atoms with E-state index >= 15 is 0 Å². The monoisotopic (exact) mass is 174 g/mol. The van der Waals surface area contributed by atoms with Crippen LogP contribution in [0.3, 0.4) is 0 Å². The summed E-state index contributed by atoms with van der Waals surface area (Å²) >= 11 is 0. The van der Waals surface area contributed by atoms with Crippen molar-refractivity contribution in [2.45, 2.75) is 6.42 Å². The van der Waals surface area contributed by atoms with Crippen LogP contribution in [0, 0.1) is 5.82 Å². The van der Waals surface area contributed by atoms with Crippen LogP contribution >= 0.6 is 0 Å². The van der Waals surface area contributed by atoms with E-state index in [1.807, 2.05) is 0 Å². The summed E-state index contributed by atoms with van der Waals surface area (Å²) in [4.78, 5) is 10.2. The van der Waals surface area contributed by atoms with Gasteiger partial charge in [-0.25, -0.2) is 4.39 Å². The second-order valence-corrected chi connectivity index (χ2v) is 2.16. The largest absolute Gasteiger partial charge is 0.481 e. The van der Waals surface area contributed by atoms with Crippen molar-refractivity contribution in [2.75, 3.05) is 0 Å². The highest BCUT2D eigenvalue weighted by molar-refractivity contribution is 5.70. The maximum absolute atomic E-state index is 12.7. The number of hydrogen-bond donors (Lipinski definition) is 1. The highest BCUT2D eigenvalue weighted by Crippen LogP contribution is 2.06. The van der Waals surface area contributed by atoms with Crippen molar-refractivity contribution < 1.29 is 19.0 Å². The molecule has 0 bridgehead atoms. The van der Waals surface area contributed by atoms with Crippen LogP contribution < -0.4 is 0 Å². The van der Waals surface area contributed by atoms with E-state index in [0.717, 1.165) is 0 Å². The van der Waals surface area contributed by atoms with Crippen molar-refractivity contribution in [2.24, 2.45) is 0 Å². The van der Waals surface area contributed by atoms with E-state index in [9.17, 15) is 9.18 Å². The number of hydrogen-bond acceptors (Lipinski definition) is 1. The normalized spacial score (nSPS) is 8.75. The van der Waals surface area contributed by atoms with Gasteiger partial charge in [-0.3, -0.25) is 9.50 Å². The average molecular weight is 174 g/mol. The number of carbonyl (C=O) groups is 1. The molecular weight excluding hydrogens is 166 g/mol. The molecule has 0 heterocycles. The number of benzene rings is 1. The molecular formula is C8H8F2O2. The maximum Gasteiger partial charge on any atom is 0.307 e. The van der Waals surface area contributed by atoms with Gasteiger partial charge in [-0.05, 0) is 11.6 Å². The summed E-state index contributed by atoms with van der Waals surface area (Å²) in [6.45, 7) is 0. The fourth-order valence-electron chi connectivity index (χ4n) is 0.805. The van der Waals surface area contributed by atoms with Crippen LogP contribution in [0.5, 0.6) is 0 Å². The van der Waals surface area contributed by atoms with Gasteiger partial charge >= 0.3 is 5.97 Å². The predicted octanol–water partition coefficient (Wildman–Crippen LogP) is 1.61. The fraction of sp³-hybridized carbons (Fsp3) is 0.125. The Labute approximate surface area is 68.0 Å². The van der Waals surface area contributed by atoms with Gasteiger partial charge in [0, 0.05) is 0 Å². The second kappa shape index (κ2) is 4.43. The van der Waals surface area contributed by atoms with Gasteiger partial charge in [-0.1, -0.05) is 18.2 Å². The molecule has 1 rings (SSSR count). The first-order valence-corrected chi connectivity index (χ1v) is 3.15. The summed E-state index contributed by atoms with van der Waals surface area (Å²) in [7, 11) is 0. The van der Waals surface area contributed by atoms with Crippen LogP contribution in [-0.2, 0) is 11.2 Å². The standard InChI is InChI=1S/C8H7FO2.FH/c9-7-4-2-1-3-6(7)5-8(10)11;/h1-4H,5H2,(H,10,11);1H. The third-order valence-corrected chi connectivity index (χ3v) is 1.30. The Morgan fingerprint density at radius 3 is 2.50 bits per heavy atom. The van der Waals surface area contributed by atoms with E-state index in [-0.39, 0.29) is 16.7 Å². The maximum atomic E-state index is 12.7. The quantitative estimate of drug-likeness (QED) is 0.739. The minimum atomic E-state index is -1.02. The average Bonchev–Trinajstić information content (AvgIpc) is 1.93. The smallest absolute Gasteiger partial charge is 0.307 e. The lowest BCUT2D eigenvalue weighted by atomic mass is 10.1.